The number of carbonyl (C=O) groups is 1. The second-order valence-electron chi connectivity index (χ2n) is 4.39. The van der Waals surface area contributed by atoms with Crippen LogP contribution >= 0.6 is 0 Å². The zero-order valence-electron chi connectivity index (χ0n) is 9.16. The van der Waals surface area contributed by atoms with Gasteiger partial charge in [-0.1, -0.05) is 20.8 Å². The molecule has 0 fully saturated rings. The van der Waals surface area contributed by atoms with Crippen LogP contribution in [0.3, 0.4) is 0 Å². The second-order valence-corrected chi connectivity index (χ2v) is 4.39. The normalized spacial score (nSPS) is 14.8. The van der Waals surface area contributed by atoms with Crippen LogP contribution < -0.4 is 0 Å². The van der Waals surface area contributed by atoms with Gasteiger partial charge in [-0.3, -0.25) is 4.79 Å². The fourth-order valence-corrected chi connectivity index (χ4v) is 1.78. The highest BCUT2D eigenvalue weighted by molar-refractivity contribution is 5.67. The van der Waals surface area contributed by atoms with Crippen molar-refractivity contribution in [3.8, 4) is 6.07 Å². The average Bonchev–Trinajstić information content (AvgIpc) is 2.00. The number of nitrogens with zero attached hydrogens (tertiary/aromatic N) is 1. The molecule has 0 unspecified atom stereocenters. The third-order valence-corrected chi connectivity index (χ3v) is 2.16. The molecule has 0 radical (unpaired) electrons. The summed E-state index contributed by atoms with van der Waals surface area (Å²) >= 11 is 0. The summed E-state index contributed by atoms with van der Waals surface area (Å²) in [4.78, 5) is 10.4. The minimum atomic E-state index is -0.881. The van der Waals surface area contributed by atoms with Crippen molar-refractivity contribution in [3.63, 3.8) is 0 Å². The molecule has 0 aliphatic heterocycles. The molecule has 0 aliphatic carbocycles. The number of hydrogen-bond acceptors (Lipinski definition) is 2. The molecule has 2 atom stereocenters. The van der Waals surface area contributed by atoms with Crippen LogP contribution in [-0.4, -0.2) is 11.1 Å². The van der Waals surface area contributed by atoms with Crippen LogP contribution in [0.1, 0.15) is 40.0 Å². The van der Waals surface area contributed by atoms with Crippen molar-refractivity contribution in [1.29, 1.82) is 5.26 Å². The summed E-state index contributed by atoms with van der Waals surface area (Å²) in [5.74, 6) is -0.178. The van der Waals surface area contributed by atoms with Crippen LogP contribution in [0.15, 0.2) is 0 Å². The van der Waals surface area contributed by atoms with Gasteiger partial charge < -0.3 is 5.11 Å². The van der Waals surface area contributed by atoms with Gasteiger partial charge in [-0.25, -0.2) is 0 Å². The lowest BCUT2D eigenvalue weighted by atomic mass is 9.89. The first-order valence-corrected chi connectivity index (χ1v) is 5.07. The smallest absolute Gasteiger partial charge is 0.304 e. The lowest BCUT2D eigenvalue weighted by Crippen LogP contribution is -2.11. The first-order valence-electron chi connectivity index (χ1n) is 5.07. The highest BCUT2D eigenvalue weighted by Gasteiger charge is 2.16. The van der Waals surface area contributed by atoms with Crippen LogP contribution in [-0.2, 0) is 4.79 Å². The topological polar surface area (TPSA) is 61.1 Å². The van der Waals surface area contributed by atoms with Gasteiger partial charge in [0.05, 0.1) is 18.4 Å². The summed E-state index contributed by atoms with van der Waals surface area (Å²) in [6.45, 7) is 6.34. The van der Waals surface area contributed by atoms with E-state index >= 15 is 0 Å². The minimum absolute atomic E-state index is 0.0288. The first-order chi connectivity index (χ1) is 6.45. The van der Waals surface area contributed by atoms with Crippen LogP contribution in [0, 0.1) is 29.1 Å². The van der Waals surface area contributed by atoms with Crippen LogP contribution in [0.2, 0.25) is 0 Å². The van der Waals surface area contributed by atoms with Crippen molar-refractivity contribution in [2.75, 3.05) is 0 Å². The Hall–Kier alpha value is -1.04. The molecule has 0 aliphatic rings. The van der Waals surface area contributed by atoms with Crippen LogP contribution in [0.25, 0.3) is 0 Å². The lowest BCUT2D eigenvalue weighted by Gasteiger charge is -2.15. The number of nitriles is 1. The Kier molecular flexibility index (Phi) is 5.94. The Labute approximate surface area is 85.7 Å². The van der Waals surface area contributed by atoms with Gasteiger partial charge in [-0.2, -0.15) is 5.26 Å². The quantitative estimate of drug-likeness (QED) is 0.712. The minimum Gasteiger partial charge on any atom is -0.481 e. The number of rotatable bonds is 6. The molecule has 0 heterocycles. The zero-order chi connectivity index (χ0) is 11.1. The Bertz CT molecular complexity index is 218. The Morgan fingerprint density at radius 3 is 2.29 bits per heavy atom. The van der Waals surface area contributed by atoms with Gasteiger partial charge in [-0.05, 0) is 24.7 Å². The standard InChI is InChI=1S/C11H19NO2/c1-8(2)4-9(3)5-10(7-12)6-11(13)14/h8-10H,4-6H2,1-3H3,(H,13,14)/t9-,10+/m1/s1. The maximum Gasteiger partial charge on any atom is 0.304 e. The molecule has 80 valence electrons. The monoisotopic (exact) mass is 197 g/mol. The maximum absolute atomic E-state index is 10.4. The number of hydrogen-bond donors (Lipinski definition) is 1. The first kappa shape index (κ1) is 13.0. The molecule has 0 aromatic carbocycles. The van der Waals surface area contributed by atoms with E-state index in [1.54, 1.807) is 0 Å². The van der Waals surface area contributed by atoms with E-state index in [2.05, 4.69) is 26.8 Å². The summed E-state index contributed by atoms with van der Waals surface area (Å²) in [5.41, 5.74) is 0. The Balaban J connectivity index is 3.93. The van der Waals surface area contributed by atoms with Gasteiger partial charge in [0.15, 0.2) is 0 Å². The SMILES string of the molecule is CC(C)C[C@@H](C)C[C@H](C#N)CC(=O)O. The van der Waals surface area contributed by atoms with E-state index in [4.69, 9.17) is 10.4 Å². The van der Waals surface area contributed by atoms with Crippen molar-refractivity contribution in [1.82, 2.24) is 0 Å². The van der Waals surface area contributed by atoms with Gasteiger partial charge in [0, 0.05) is 0 Å². The molecule has 14 heavy (non-hydrogen) atoms. The van der Waals surface area contributed by atoms with Gasteiger partial charge in [0.25, 0.3) is 0 Å². The van der Waals surface area contributed by atoms with E-state index in [1.807, 2.05) is 0 Å². The molecule has 0 aromatic rings. The Morgan fingerprint density at radius 1 is 1.36 bits per heavy atom. The summed E-state index contributed by atoms with van der Waals surface area (Å²) < 4.78 is 0. The van der Waals surface area contributed by atoms with E-state index in [9.17, 15) is 4.79 Å². The van der Waals surface area contributed by atoms with Crippen LogP contribution in [0.4, 0.5) is 0 Å². The molecule has 0 bridgehead atoms. The van der Waals surface area contributed by atoms with Gasteiger partial charge in [0.1, 0.15) is 0 Å². The third-order valence-electron chi connectivity index (χ3n) is 2.16. The largest absolute Gasteiger partial charge is 0.481 e. The molecular weight excluding hydrogens is 178 g/mol. The Morgan fingerprint density at radius 2 is 1.93 bits per heavy atom. The van der Waals surface area contributed by atoms with Gasteiger partial charge in [-0.15, -0.1) is 0 Å². The number of carboxylic acid groups (broad SMARTS) is 1. The lowest BCUT2D eigenvalue weighted by molar-refractivity contribution is -0.137. The molecule has 1 N–H and O–H groups in total. The molecular formula is C11H19NO2. The summed E-state index contributed by atoms with van der Waals surface area (Å²) in [6, 6.07) is 2.06. The van der Waals surface area contributed by atoms with Crippen molar-refractivity contribution in [2.45, 2.75) is 40.0 Å². The predicted octanol–water partition coefficient (Wildman–Crippen LogP) is 2.67. The number of aliphatic carboxylic acids is 1. The predicted molar refractivity (Wildman–Crippen MR) is 54.6 cm³/mol. The van der Waals surface area contributed by atoms with Gasteiger partial charge >= 0.3 is 5.97 Å². The van der Waals surface area contributed by atoms with Crippen molar-refractivity contribution < 1.29 is 9.90 Å². The molecule has 0 rings (SSSR count). The van der Waals surface area contributed by atoms with Crippen molar-refractivity contribution in [2.24, 2.45) is 17.8 Å². The second kappa shape index (κ2) is 6.42. The average molecular weight is 197 g/mol. The molecule has 0 saturated carbocycles. The fraction of sp³-hybridized carbons (Fsp3) is 0.818. The fourth-order valence-electron chi connectivity index (χ4n) is 1.78. The highest BCUT2D eigenvalue weighted by atomic mass is 16.4. The zero-order valence-corrected chi connectivity index (χ0v) is 9.16. The molecule has 0 spiro atoms. The van der Waals surface area contributed by atoms with E-state index in [1.165, 1.54) is 0 Å². The third kappa shape index (κ3) is 6.47. The van der Waals surface area contributed by atoms with Crippen molar-refractivity contribution >= 4 is 5.97 Å². The molecule has 0 aromatic heterocycles. The van der Waals surface area contributed by atoms with E-state index < -0.39 is 5.97 Å². The van der Waals surface area contributed by atoms with Gasteiger partial charge in [0.2, 0.25) is 0 Å². The summed E-state index contributed by atoms with van der Waals surface area (Å²) in [6.07, 6.45) is 1.72. The van der Waals surface area contributed by atoms with E-state index in [-0.39, 0.29) is 12.3 Å². The molecule has 0 amide bonds. The van der Waals surface area contributed by atoms with E-state index in [0.717, 1.165) is 6.42 Å². The van der Waals surface area contributed by atoms with Crippen molar-refractivity contribution in [3.05, 3.63) is 0 Å². The highest BCUT2D eigenvalue weighted by Crippen LogP contribution is 2.21. The molecule has 0 saturated heterocycles. The molecule has 3 heteroatoms. The van der Waals surface area contributed by atoms with E-state index in [0.29, 0.717) is 18.3 Å². The molecule has 3 nitrogen and oxygen atoms in total. The summed E-state index contributed by atoms with van der Waals surface area (Å²) in [7, 11) is 0. The van der Waals surface area contributed by atoms with Crippen LogP contribution in [0.5, 0.6) is 0 Å². The number of carboxylic acids is 1. The maximum atomic E-state index is 10.4. The summed E-state index contributed by atoms with van der Waals surface area (Å²) in [5, 5.41) is 17.3.